The molecule has 0 bridgehead atoms. The third-order valence-corrected chi connectivity index (χ3v) is 4.68. The van der Waals surface area contributed by atoms with Gasteiger partial charge in [0.25, 0.3) is 5.91 Å². The Morgan fingerprint density at radius 1 is 1.08 bits per heavy atom. The maximum Gasteiger partial charge on any atom is 0.253 e. The normalized spacial score (nSPS) is 13.9. The van der Waals surface area contributed by atoms with Crippen molar-refractivity contribution in [1.82, 2.24) is 10.6 Å². The van der Waals surface area contributed by atoms with E-state index in [9.17, 15) is 4.79 Å². The highest BCUT2D eigenvalue weighted by Gasteiger charge is 2.13. The minimum atomic E-state index is -0.0483. The number of rotatable bonds is 5. The number of nitrogens with one attached hydrogen (secondary N) is 3. The first-order valence-corrected chi connectivity index (χ1v) is 8.74. The van der Waals surface area contributed by atoms with Crippen LogP contribution in [0.25, 0.3) is 0 Å². The fourth-order valence-corrected chi connectivity index (χ4v) is 2.94. The summed E-state index contributed by atoms with van der Waals surface area (Å²) in [5, 5.41) is 9.74. The summed E-state index contributed by atoms with van der Waals surface area (Å²) in [6.07, 6.45) is 3.15. The second-order valence-electron chi connectivity index (χ2n) is 6.42. The van der Waals surface area contributed by atoms with E-state index in [1.54, 1.807) is 0 Å². The monoisotopic (exact) mass is 335 g/mol. The van der Waals surface area contributed by atoms with E-state index < -0.39 is 0 Å². The van der Waals surface area contributed by atoms with Crippen LogP contribution in [-0.2, 0) is 0 Å². The predicted molar refractivity (Wildman–Crippen MR) is 104 cm³/mol. The van der Waals surface area contributed by atoms with Gasteiger partial charge in [0.2, 0.25) is 0 Å². The summed E-state index contributed by atoms with van der Waals surface area (Å²) in [7, 11) is 0. The molecule has 4 nitrogen and oxygen atoms in total. The molecule has 0 aromatic heterocycles. The van der Waals surface area contributed by atoms with Gasteiger partial charge >= 0.3 is 0 Å². The average Bonchev–Trinajstić information content (AvgIpc) is 2.65. The molecule has 1 aliphatic rings. The molecule has 2 aromatic carbocycles. The van der Waals surface area contributed by atoms with Crippen LogP contribution in [-0.4, -0.2) is 25.5 Å². The molecule has 1 aliphatic heterocycles. The van der Waals surface area contributed by atoms with Gasteiger partial charge in [-0.3, -0.25) is 4.79 Å². The zero-order chi connectivity index (χ0) is 17.6. The van der Waals surface area contributed by atoms with Gasteiger partial charge in [-0.1, -0.05) is 35.9 Å². The van der Waals surface area contributed by atoms with Crippen molar-refractivity contribution in [3.8, 4) is 0 Å². The van der Waals surface area contributed by atoms with E-state index in [1.165, 1.54) is 16.7 Å². The van der Waals surface area contributed by atoms with Crippen LogP contribution >= 0.6 is 0 Å². The SMILES string of the molecule is Cc1cccc(Nc2ccccc2C(=O)NCC2=CCNCC2)c1C. The van der Waals surface area contributed by atoms with Gasteiger partial charge in [0, 0.05) is 18.8 Å². The molecule has 0 spiro atoms. The standard InChI is InChI=1S/C21H25N3O/c1-15-6-5-9-19(16(15)2)24-20-8-4-3-7-18(20)21(25)23-14-17-10-12-22-13-11-17/h3-10,22,24H,11-14H2,1-2H3,(H,23,25). The third kappa shape index (κ3) is 4.28. The molecule has 3 rings (SSSR count). The quantitative estimate of drug-likeness (QED) is 0.730. The van der Waals surface area contributed by atoms with Crippen molar-refractivity contribution < 1.29 is 4.79 Å². The van der Waals surface area contributed by atoms with Crippen molar-refractivity contribution in [1.29, 1.82) is 0 Å². The van der Waals surface area contributed by atoms with Crippen molar-refractivity contribution in [2.24, 2.45) is 0 Å². The lowest BCUT2D eigenvalue weighted by molar-refractivity contribution is 0.0957. The number of carbonyl (C=O) groups is 1. The second-order valence-corrected chi connectivity index (χ2v) is 6.42. The summed E-state index contributed by atoms with van der Waals surface area (Å²) in [4.78, 5) is 12.7. The third-order valence-electron chi connectivity index (χ3n) is 4.68. The van der Waals surface area contributed by atoms with E-state index >= 15 is 0 Å². The molecule has 0 saturated heterocycles. The molecule has 3 N–H and O–H groups in total. The molecule has 0 fully saturated rings. The lowest BCUT2D eigenvalue weighted by Gasteiger charge is -2.17. The maximum atomic E-state index is 12.7. The molecule has 0 radical (unpaired) electrons. The minimum absolute atomic E-state index is 0.0483. The highest BCUT2D eigenvalue weighted by molar-refractivity contribution is 6.00. The van der Waals surface area contributed by atoms with E-state index in [2.05, 4.69) is 41.9 Å². The lowest BCUT2D eigenvalue weighted by atomic mass is 10.1. The number of hydrogen-bond donors (Lipinski definition) is 3. The first-order chi connectivity index (χ1) is 12.1. The second kappa shape index (κ2) is 7.99. The Morgan fingerprint density at radius 2 is 1.88 bits per heavy atom. The van der Waals surface area contributed by atoms with Crippen LogP contribution in [0, 0.1) is 13.8 Å². The summed E-state index contributed by atoms with van der Waals surface area (Å²) in [5.74, 6) is -0.0483. The topological polar surface area (TPSA) is 53.2 Å². The Balaban J connectivity index is 1.75. The maximum absolute atomic E-state index is 12.7. The first-order valence-electron chi connectivity index (χ1n) is 8.74. The molecule has 1 amide bonds. The van der Waals surface area contributed by atoms with E-state index in [0.29, 0.717) is 12.1 Å². The zero-order valence-corrected chi connectivity index (χ0v) is 14.9. The van der Waals surface area contributed by atoms with Crippen LogP contribution in [0.3, 0.4) is 0 Å². The summed E-state index contributed by atoms with van der Waals surface area (Å²) in [6, 6.07) is 13.8. The van der Waals surface area contributed by atoms with Gasteiger partial charge in [0.1, 0.15) is 0 Å². The molecular weight excluding hydrogens is 310 g/mol. The highest BCUT2D eigenvalue weighted by Crippen LogP contribution is 2.25. The van der Waals surface area contributed by atoms with Crippen LogP contribution < -0.4 is 16.0 Å². The molecule has 0 atom stereocenters. The van der Waals surface area contributed by atoms with Gasteiger partial charge in [-0.05, 0) is 56.1 Å². The Hall–Kier alpha value is -2.59. The number of aryl methyl sites for hydroxylation is 1. The van der Waals surface area contributed by atoms with Crippen molar-refractivity contribution >= 4 is 17.3 Å². The van der Waals surface area contributed by atoms with Gasteiger partial charge in [-0.2, -0.15) is 0 Å². The van der Waals surface area contributed by atoms with Gasteiger partial charge in [-0.15, -0.1) is 0 Å². The van der Waals surface area contributed by atoms with Crippen LogP contribution in [0.4, 0.5) is 11.4 Å². The lowest BCUT2D eigenvalue weighted by Crippen LogP contribution is -2.30. The summed E-state index contributed by atoms with van der Waals surface area (Å²) in [5.41, 5.74) is 6.22. The highest BCUT2D eigenvalue weighted by atomic mass is 16.1. The number of benzene rings is 2. The van der Waals surface area contributed by atoms with Gasteiger partial charge in [-0.25, -0.2) is 0 Å². The molecular formula is C21H25N3O. The van der Waals surface area contributed by atoms with E-state index in [1.807, 2.05) is 36.4 Å². The molecule has 0 saturated carbocycles. The van der Waals surface area contributed by atoms with Crippen molar-refractivity contribution in [3.05, 3.63) is 70.8 Å². The largest absolute Gasteiger partial charge is 0.355 e. The number of para-hydroxylation sites is 1. The van der Waals surface area contributed by atoms with E-state index in [4.69, 9.17) is 0 Å². The van der Waals surface area contributed by atoms with Crippen LogP contribution in [0.2, 0.25) is 0 Å². The van der Waals surface area contributed by atoms with Crippen molar-refractivity contribution in [2.75, 3.05) is 25.0 Å². The summed E-state index contributed by atoms with van der Waals surface area (Å²) in [6.45, 7) is 6.65. The predicted octanol–water partition coefficient (Wildman–Crippen LogP) is 3.70. The number of amides is 1. The van der Waals surface area contributed by atoms with Gasteiger partial charge in [0.05, 0.1) is 11.3 Å². The fraction of sp³-hybridized carbons (Fsp3) is 0.286. The molecule has 0 aliphatic carbocycles. The van der Waals surface area contributed by atoms with Crippen molar-refractivity contribution in [2.45, 2.75) is 20.3 Å². The minimum Gasteiger partial charge on any atom is -0.355 e. The van der Waals surface area contributed by atoms with Crippen molar-refractivity contribution in [3.63, 3.8) is 0 Å². The Bertz CT molecular complexity index is 795. The number of anilines is 2. The molecule has 2 aromatic rings. The number of carbonyl (C=O) groups excluding carboxylic acids is 1. The molecule has 4 heteroatoms. The van der Waals surface area contributed by atoms with Gasteiger partial charge in [0.15, 0.2) is 0 Å². The van der Waals surface area contributed by atoms with Crippen LogP contribution in [0.1, 0.15) is 27.9 Å². The molecule has 1 heterocycles. The molecule has 130 valence electrons. The average molecular weight is 335 g/mol. The van der Waals surface area contributed by atoms with Crippen LogP contribution in [0.5, 0.6) is 0 Å². The van der Waals surface area contributed by atoms with E-state index in [0.717, 1.165) is 30.9 Å². The van der Waals surface area contributed by atoms with Crippen LogP contribution in [0.15, 0.2) is 54.1 Å². The zero-order valence-electron chi connectivity index (χ0n) is 14.9. The summed E-state index contributed by atoms with van der Waals surface area (Å²) >= 11 is 0. The number of hydrogen-bond acceptors (Lipinski definition) is 3. The Kier molecular flexibility index (Phi) is 5.51. The molecule has 0 unspecified atom stereocenters. The smallest absolute Gasteiger partial charge is 0.253 e. The van der Waals surface area contributed by atoms with E-state index in [-0.39, 0.29) is 5.91 Å². The first kappa shape index (κ1) is 17.2. The van der Waals surface area contributed by atoms with Gasteiger partial charge < -0.3 is 16.0 Å². The Labute approximate surface area is 149 Å². The molecule has 25 heavy (non-hydrogen) atoms. The Morgan fingerprint density at radius 3 is 2.68 bits per heavy atom. The summed E-state index contributed by atoms with van der Waals surface area (Å²) < 4.78 is 0. The fourth-order valence-electron chi connectivity index (χ4n) is 2.94.